The van der Waals surface area contributed by atoms with E-state index in [1.54, 1.807) is 17.0 Å². The van der Waals surface area contributed by atoms with Gasteiger partial charge in [0.05, 0.1) is 0 Å². The molecule has 106 valence electrons. The molecular formula is C15H17ClN2O2. The molecule has 2 rings (SSSR count). The van der Waals surface area contributed by atoms with Crippen LogP contribution in [-0.4, -0.2) is 16.8 Å². The van der Waals surface area contributed by atoms with Crippen LogP contribution < -0.4 is 5.73 Å². The van der Waals surface area contributed by atoms with Crippen molar-refractivity contribution >= 4 is 23.2 Å². The first kappa shape index (κ1) is 14.5. The van der Waals surface area contributed by atoms with Crippen molar-refractivity contribution in [1.29, 1.82) is 0 Å². The smallest absolute Gasteiger partial charge is 0.290 e. The summed E-state index contributed by atoms with van der Waals surface area (Å²) in [6, 6.07) is 10.7. The van der Waals surface area contributed by atoms with E-state index in [4.69, 9.17) is 21.8 Å². The number of nitrogens with two attached hydrogens (primary N) is 1. The SMILES string of the molecule is CC(C)N(Cc1cccc(N)c1)C(=O)c1ccc(Cl)o1. The van der Waals surface area contributed by atoms with Crippen LogP contribution in [0.25, 0.3) is 0 Å². The molecule has 0 atom stereocenters. The van der Waals surface area contributed by atoms with E-state index in [1.165, 1.54) is 0 Å². The van der Waals surface area contributed by atoms with Gasteiger partial charge in [-0.2, -0.15) is 0 Å². The molecule has 2 aromatic rings. The molecule has 0 aliphatic carbocycles. The summed E-state index contributed by atoms with van der Waals surface area (Å²) in [6.07, 6.45) is 0. The molecule has 0 aliphatic heterocycles. The molecule has 1 aromatic heterocycles. The summed E-state index contributed by atoms with van der Waals surface area (Å²) in [6.45, 7) is 4.38. The maximum absolute atomic E-state index is 12.4. The first-order valence-electron chi connectivity index (χ1n) is 6.38. The van der Waals surface area contributed by atoms with Crippen molar-refractivity contribution in [2.75, 3.05) is 5.73 Å². The van der Waals surface area contributed by atoms with Gasteiger partial charge in [0.15, 0.2) is 11.0 Å². The summed E-state index contributed by atoms with van der Waals surface area (Å²) in [5, 5.41) is 0.209. The molecule has 4 nitrogen and oxygen atoms in total. The predicted octanol–water partition coefficient (Wildman–Crippen LogP) is 3.57. The van der Waals surface area contributed by atoms with Gasteiger partial charge in [-0.15, -0.1) is 0 Å². The van der Waals surface area contributed by atoms with Crippen LogP contribution in [0, 0.1) is 0 Å². The van der Waals surface area contributed by atoms with E-state index in [2.05, 4.69) is 0 Å². The minimum Gasteiger partial charge on any atom is -0.440 e. The molecule has 0 aliphatic rings. The van der Waals surface area contributed by atoms with Crippen molar-refractivity contribution in [3.05, 3.63) is 52.9 Å². The van der Waals surface area contributed by atoms with E-state index in [0.29, 0.717) is 12.2 Å². The van der Waals surface area contributed by atoms with Crippen LogP contribution >= 0.6 is 11.6 Å². The molecule has 5 heteroatoms. The first-order chi connectivity index (χ1) is 9.47. The predicted molar refractivity (Wildman–Crippen MR) is 79.6 cm³/mol. The van der Waals surface area contributed by atoms with Crippen LogP contribution in [0.1, 0.15) is 30.0 Å². The zero-order chi connectivity index (χ0) is 14.7. The minimum atomic E-state index is -0.186. The number of nitrogen functional groups attached to an aromatic ring is 1. The first-order valence-corrected chi connectivity index (χ1v) is 6.76. The average molecular weight is 293 g/mol. The van der Waals surface area contributed by atoms with Gasteiger partial charge in [0.1, 0.15) is 0 Å². The van der Waals surface area contributed by atoms with Crippen molar-refractivity contribution in [2.45, 2.75) is 26.4 Å². The van der Waals surface area contributed by atoms with Crippen LogP contribution in [0.2, 0.25) is 5.22 Å². The molecule has 1 amide bonds. The second kappa shape index (κ2) is 6.01. The Morgan fingerprint density at radius 1 is 1.35 bits per heavy atom. The highest BCUT2D eigenvalue weighted by Gasteiger charge is 2.22. The fourth-order valence-corrected chi connectivity index (χ4v) is 2.09. The molecule has 0 spiro atoms. The third-order valence-corrected chi connectivity index (χ3v) is 3.18. The Labute approximate surface area is 123 Å². The number of carbonyl (C=O) groups excluding carboxylic acids is 1. The normalized spacial score (nSPS) is 10.8. The average Bonchev–Trinajstić information content (AvgIpc) is 2.82. The number of nitrogens with zero attached hydrogens (tertiary/aromatic N) is 1. The third kappa shape index (κ3) is 3.33. The van der Waals surface area contributed by atoms with Gasteiger partial charge in [-0.3, -0.25) is 4.79 Å². The summed E-state index contributed by atoms with van der Waals surface area (Å²) in [5.74, 6) is 0.0573. The Hall–Kier alpha value is -1.94. The lowest BCUT2D eigenvalue weighted by Crippen LogP contribution is -2.36. The number of anilines is 1. The van der Waals surface area contributed by atoms with Crippen molar-refractivity contribution in [3.8, 4) is 0 Å². The van der Waals surface area contributed by atoms with E-state index in [1.807, 2.05) is 38.1 Å². The fourth-order valence-electron chi connectivity index (χ4n) is 1.95. The number of hydrogen-bond donors (Lipinski definition) is 1. The maximum atomic E-state index is 12.4. The second-order valence-electron chi connectivity index (χ2n) is 4.88. The topological polar surface area (TPSA) is 59.5 Å². The molecule has 0 bridgehead atoms. The molecule has 1 heterocycles. The van der Waals surface area contributed by atoms with Gasteiger partial charge in [0.2, 0.25) is 0 Å². The quantitative estimate of drug-likeness (QED) is 0.877. The number of halogens is 1. The van der Waals surface area contributed by atoms with Crippen molar-refractivity contribution in [2.24, 2.45) is 0 Å². The Balaban J connectivity index is 2.21. The van der Waals surface area contributed by atoms with Gasteiger partial charge in [-0.1, -0.05) is 12.1 Å². The zero-order valence-electron chi connectivity index (χ0n) is 11.5. The summed E-state index contributed by atoms with van der Waals surface area (Å²) in [4.78, 5) is 14.1. The lowest BCUT2D eigenvalue weighted by atomic mass is 10.1. The maximum Gasteiger partial charge on any atom is 0.290 e. The lowest BCUT2D eigenvalue weighted by molar-refractivity contribution is 0.0657. The van der Waals surface area contributed by atoms with Gasteiger partial charge in [-0.05, 0) is 55.3 Å². The van der Waals surface area contributed by atoms with E-state index < -0.39 is 0 Å². The Morgan fingerprint density at radius 3 is 2.65 bits per heavy atom. The van der Waals surface area contributed by atoms with E-state index in [-0.39, 0.29) is 22.9 Å². The third-order valence-electron chi connectivity index (χ3n) is 2.97. The van der Waals surface area contributed by atoms with Crippen LogP contribution in [0.5, 0.6) is 0 Å². The molecule has 2 N–H and O–H groups in total. The Bertz CT molecular complexity index is 607. The van der Waals surface area contributed by atoms with Crippen molar-refractivity contribution in [1.82, 2.24) is 4.90 Å². The van der Waals surface area contributed by atoms with Crippen LogP contribution in [0.4, 0.5) is 5.69 Å². The Kier molecular flexibility index (Phi) is 4.35. The standard InChI is InChI=1S/C15H17ClN2O2/c1-10(2)18(9-11-4-3-5-12(17)8-11)15(19)13-6-7-14(16)20-13/h3-8,10H,9,17H2,1-2H3. The highest BCUT2D eigenvalue weighted by atomic mass is 35.5. The molecule has 0 fully saturated rings. The monoisotopic (exact) mass is 292 g/mol. The van der Waals surface area contributed by atoms with Crippen LogP contribution in [-0.2, 0) is 6.54 Å². The molecule has 0 radical (unpaired) electrons. The number of rotatable bonds is 4. The van der Waals surface area contributed by atoms with E-state index in [9.17, 15) is 4.79 Å². The van der Waals surface area contributed by atoms with Crippen LogP contribution in [0.3, 0.4) is 0 Å². The highest BCUT2D eigenvalue weighted by molar-refractivity contribution is 6.29. The number of furan rings is 1. The van der Waals surface area contributed by atoms with Crippen LogP contribution in [0.15, 0.2) is 40.8 Å². The van der Waals surface area contributed by atoms with Gasteiger partial charge in [-0.25, -0.2) is 0 Å². The summed E-state index contributed by atoms with van der Waals surface area (Å²) in [5.41, 5.74) is 7.42. The summed E-state index contributed by atoms with van der Waals surface area (Å²) < 4.78 is 5.19. The van der Waals surface area contributed by atoms with E-state index in [0.717, 1.165) is 5.56 Å². The molecule has 0 saturated heterocycles. The number of carbonyl (C=O) groups is 1. The van der Waals surface area contributed by atoms with Gasteiger partial charge < -0.3 is 15.1 Å². The van der Waals surface area contributed by atoms with Crippen molar-refractivity contribution < 1.29 is 9.21 Å². The molecule has 1 aromatic carbocycles. The van der Waals surface area contributed by atoms with Gasteiger partial charge in [0, 0.05) is 18.3 Å². The Morgan fingerprint density at radius 2 is 2.10 bits per heavy atom. The number of amides is 1. The number of hydrogen-bond acceptors (Lipinski definition) is 3. The second-order valence-corrected chi connectivity index (χ2v) is 5.25. The molecule has 20 heavy (non-hydrogen) atoms. The highest BCUT2D eigenvalue weighted by Crippen LogP contribution is 2.18. The number of benzene rings is 1. The summed E-state index contributed by atoms with van der Waals surface area (Å²) in [7, 11) is 0. The molecule has 0 unspecified atom stereocenters. The minimum absolute atomic E-state index is 0.0350. The lowest BCUT2D eigenvalue weighted by Gasteiger charge is -2.26. The summed E-state index contributed by atoms with van der Waals surface area (Å²) >= 11 is 5.72. The van der Waals surface area contributed by atoms with E-state index >= 15 is 0 Å². The van der Waals surface area contributed by atoms with Gasteiger partial charge >= 0.3 is 0 Å². The van der Waals surface area contributed by atoms with Crippen molar-refractivity contribution in [3.63, 3.8) is 0 Å². The zero-order valence-corrected chi connectivity index (χ0v) is 12.2. The largest absolute Gasteiger partial charge is 0.440 e. The molecule has 0 saturated carbocycles. The fraction of sp³-hybridized carbons (Fsp3) is 0.267. The van der Waals surface area contributed by atoms with Gasteiger partial charge in [0.25, 0.3) is 5.91 Å². The molecular weight excluding hydrogens is 276 g/mol.